The highest BCUT2D eigenvalue weighted by Crippen LogP contribution is 2.15. The van der Waals surface area contributed by atoms with Crippen LogP contribution in [-0.2, 0) is 0 Å². The molecule has 0 aliphatic carbocycles. The van der Waals surface area contributed by atoms with Crippen LogP contribution >= 0.6 is 0 Å². The molecule has 0 radical (unpaired) electrons. The van der Waals surface area contributed by atoms with Crippen molar-refractivity contribution in [1.82, 2.24) is 14.8 Å². The second kappa shape index (κ2) is 4.97. The number of Topliss-reactive ketones (excluding diaryl/α,β-unsaturated/α-hetero) is 1. The van der Waals surface area contributed by atoms with Crippen LogP contribution < -0.4 is 0 Å². The molecule has 0 amide bonds. The van der Waals surface area contributed by atoms with Crippen LogP contribution in [0.5, 0.6) is 0 Å². The predicted molar refractivity (Wildman–Crippen MR) is 66.9 cm³/mol. The molecule has 7 nitrogen and oxygen atoms in total. The highest BCUT2D eigenvalue weighted by atomic mass is 16.6. The summed E-state index contributed by atoms with van der Waals surface area (Å²) in [7, 11) is 0. The monoisotopic (exact) mass is 260 g/mol. The lowest BCUT2D eigenvalue weighted by atomic mass is 10.0. The van der Waals surface area contributed by atoms with Gasteiger partial charge >= 0.3 is 5.95 Å². The quantitative estimate of drug-likeness (QED) is 0.476. The van der Waals surface area contributed by atoms with E-state index < -0.39 is 16.9 Å². The lowest BCUT2D eigenvalue weighted by Crippen LogP contribution is -2.17. The third-order valence-corrected chi connectivity index (χ3v) is 2.77. The molecular weight excluding hydrogens is 248 g/mol. The molecule has 0 spiro atoms. The number of nitrogens with zero attached hydrogens (tertiary/aromatic N) is 4. The molecule has 0 bridgehead atoms. The van der Waals surface area contributed by atoms with Crippen LogP contribution in [0, 0.1) is 17.0 Å². The average molecular weight is 260 g/mol. The van der Waals surface area contributed by atoms with E-state index in [1.807, 2.05) is 19.1 Å². The maximum Gasteiger partial charge on any atom is 0.490 e. The molecule has 0 aliphatic heterocycles. The van der Waals surface area contributed by atoms with Gasteiger partial charge < -0.3 is 10.1 Å². The molecule has 1 aromatic carbocycles. The van der Waals surface area contributed by atoms with Crippen molar-refractivity contribution in [3.8, 4) is 0 Å². The van der Waals surface area contributed by atoms with Crippen molar-refractivity contribution in [3.63, 3.8) is 0 Å². The smallest absolute Gasteiger partial charge is 0.390 e. The van der Waals surface area contributed by atoms with Gasteiger partial charge in [0.05, 0.1) is 0 Å². The zero-order chi connectivity index (χ0) is 14.0. The number of carbonyl (C=O) groups excluding carboxylic acids is 1. The summed E-state index contributed by atoms with van der Waals surface area (Å²) < 4.78 is 1.19. The Labute approximate surface area is 109 Å². The number of nitro groups is 1. The van der Waals surface area contributed by atoms with Gasteiger partial charge in [-0.2, -0.15) is 4.68 Å². The maximum absolute atomic E-state index is 12.2. The summed E-state index contributed by atoms with van der Waals surface area (Å²) in [6.07, 6.45) is 1.19. The van der Waals surface area contributed by atoms with E-state index in [1.165, 1.54) is 11.0 Å². The van der Waals surface area contributed by atoms with Crippen molar-refractivity contribution in [2.75, 3.05) is 0 Å². The molecule has 0 saturated heterocycles. The minimum Gasteiger partial charge on any atom is -0.390 e. The molecule has 1 aromatic heterocycles. The van der Waals surface area contributed by atoms with Gasteiger partial charge in [0.15, 0.2) is 5.78 Å². The Morgan fingerprint density at radius 2 is 2.00 bits per heavy atom. The Kier molecular flexibility index (Phi) is 3.37. The van der Waals surface area contributed by atoms with Crippen molar-refractivity contribution in [1.29, 1.82) is 0 Å². The van der Waals surface area contributed by atoms with Gasteiger partial charge in [0.2, 0.25) is 6.33 Å². The van der Waals surface area contributed by atoms with Crippen LogP contribution in [0.3, 0.4) is 0 Å². The fourth-order valence-electron chi connectivity index (χ4n) is 1.62. The zero-order valence-corrected chi connectivity index (χ0v) is 10.5. The van der Waals surface area contributed by atoms with E-state index in [1.54, 1.807) is 19.1 Å². The van der Waals surface area contributed by atoms with Crippen molar-refractivity contribution < 1.29 is 9.72 Å². The van der Waals surface area contributed by atoms with Gasteiger partial charge in [0.25, 0.3) is 0 Å². The Morgan fingerprint density at radius 1 is 1.37 bits per heavy atom. The molecule has 7 heteroatoms. The topological polar surface area (TPSA) is 90.9 Å². The largest absolute Gasteiger partial charge is 0.490 e. The molecule has 98 valence electrons. The summed E-state index contributed by atoms with van der Waals surface area (Å²) >= 11 is 0. The molecular formula is C12H12N4O3. The maximum atomic E-state index is 12.2. The van der Waals surface area contributed by atoms with E-state index in [0.717, 1.165) is 5.56 Å². The van der Waals surface area contributed by atoms with Crippen LogP contribution in [0.15, 0.2) is 30.6 Å². The molecule has 2 rings (SSSR count). The van der Waals surface area contributed by atoms with Crippen LogP contribution in [-0.4, -0.2) is 25.5 Å². The van der Waals surface area contributed by atoms with Crippen LogP contribution in [0.2, 0.25) is 0 Å². The van der Waals surface area contributed by atoms with Gasteiger partial charge in [-0.25, -0.2) is 0 Å². The number of hydrogen-bond acceptors (Lipinski definition) is 5. The first-order valence-corrected chi connectivity index (χ1v) is 5.65. The van der Waals surface area contributed by atoms with Crippen molar-refractivity contribution >= 4 is 11.7 Å². The Morgan fingerprint density at radius 3 is 2.53 bits per heavy atom. The van der Waals surface area contributed by atoms with E-state index in [0.29, 0.717) is 5.56 Å². The SMILES string of the molecule is Cc1ccc(C(=O)C(C)n2cnc([N+](=O)[O-])n2)cc1. The fourth-order valence-corrected chi connectivity index (χ4v) is 1.62. The number of benzene rings is 1. The third kappa shape index (κ3) is 2.65. The number of rotatable bonds is 4. The first-order valence-electron chi connectivity index (χ1n) is 5.65. The molecule has 0 fully saturated rings. The van der Waals surface area contributed by atoms with Gasteiger partial charge in [-0.15, -0.1) is 0 Å². The Bertz CT molecular complexity index is 618. The lowest BCUT2D eigenvalue weighted by molar-refractivity contribution is -0.394. The Hall–Kier alpha value is -2.57. The van der Waals surface area contributed by atoms with Crippen molar-refractivity contribution in [2.45, 2.75) is 19.9 Å². The second-order valence-corrected chi connectivity index (χ2v) is 4.19. The molecule has 0 aliphatic rings. The van der Waals surface area contributed by atoms with E-state index in [9.17, 15) is 14.9 Å². The summed E-state index contributed by atoms with van der Waals surface area (Å²) in [5, 5.41) is 14.2. The molecule has 1 heterocycles. The summed E-state index contributed by atoms with van der Waals surface area (Å²) in [6, 6.07) is 6.48. The normalized spacial score (nSPS) is 12.1. The van der Waals surface area contributed by atoms with Gasteiger partial charge in [-0.3, -0.25) is 4.79 Å². The first-order chi connectivity index (χ1) is 8.99. The number of carbonyl (C=O) groups is 1. The van der Waals surface area contributed by atoms with E-state index in [-0.39, 0.29) is 5.78 Å². The highest BCUT2D eigenvalue weighted by Gasteiger charge is 2.23. The summed E-state index contributed by atoms with van der Waals surface area (Å²) in [5.41, 5.74) is 1.59. The molecule has 1 atom stereocenters. The number of hydrogen-bond donors (Lipinski definition) is 0. The summed E-state index contributed by atoms with van der Waals surface area (Å²) in [6.45, 7) is 3.55. The molecule has 19 heavy (non-hydrogen) atoms. The average Bonchev–Trinajstić information content (AvgIpc) is 2.87. The minimum absolute atomic E-state index is 0.167. The minimum atomic E-state index is -0.695. The second-order valence-electron chi connectivity index (χ2n) is 4.19. The molecule has 0 N–H and O–H groups in total. The molecule has 2 aromatic rings. The van der Waals surface area contributed by atoms with Crippen molar-refractivity contribution in [3.05, 3.63) is 51.8 Å². The van der Waals surface area contributed by atoms with Crippen molar-refractivity contribution in [2.24, 2.45) is 0 Å². The van der Waals surface area contributed by atoms with E-state index in [4.69, 9.17) is 0 Å². The van der Waals surface area contributed by atoms with Crippen LogP contribution in [0.1, 0.15) is 28.9 Å². The number of aromatic nitrogens is 3. The molecule has 0 saturated carbocycles. The first kappa shape index (κ1) is 12.9. The third-order valence-electron chi connectivity index (χ3n) is 2.77. The van der Waals surface area contributed by atoms with Gasteiger partial charge in [-0.05, 0) is 18.8 Å². The number of ketones is 1. The fraction of sp³-hybridized carbons (Fsp3) is 0.250. The van der Waals surface area contributed by atoms with Crippen LogP contribution in [0.25, 0.3) is 0 Å². The van der Waals surface area contributed by atoms with Gasteiger partial charge in [0.1, 0.15) is 6.04 Å². The van der Waals surface area contributed by atoms with E-state index >= 15 is 0 Å². The summed E-state index contributed by atoms with van der Waals surface area (Å²) in [4.78, 5) is 25.5. The van der Waals surface area contributed by atoms with Gasteiger partial charge in [-0.1, -0.05) is 34.8 Å². The predicted octanol–water partition coefficient (Wildman–Crippen LogP) is 1.94. The highest BCUT2D eigenvalue weighted by molar-refractivity contribution is 5.98. The number of aryl methyl sites for hydroxylation is 1. The Balaban J connectivity index is 2.22. The van der Waals surface area contributed by atoms with Gasteiger partial charge in [0, 0.05) is 10.7 Å². The lowest BCUT2D eigenvalue weighted by Gasteiger charge is -2.07. The zero-order valence-electron chi connectivity index (χ0n) is 10.5. The van der Waals surface area contributed by atoms with Crippen LogP contribution in [0.4, 0.5) is 5.95 Å². The summed E-state index contributed by atoms with van der Waals surface area (Å²) in [5.74, 6) is -0.677. The molecule has 1 unspecified atom stereocenters. The standard InChI is InChI=1S/C12H12N4O3/c1-8-3-5-10(6-4-8)11(17)9(2)15-7-13-12(14-15)16(18)19/h3-7,9H,1-2H3. The van der Waals surface area contributed by atoms with E-state index in [2.05, 4.69) is 10.1 Å².